The largest absolute Gasteiger partial charge is 0.490 e. The van der Waals surface area contributed by atoms with Gasteiger partial charge in [0.1, 0.15) is 40.5 Å². The van der Waals surface area contributed by atoms with E-state index in [0.717, 1.165) is 10.2 Å². The van der Waals surface area contributed by atoms with Crippen molar-refractivity contribution in [3.8, 4) is 5.75 Å². The number of amides is 1. The summed E-state index contributed by atoms with van der Waals surface area (Å²) in [6, 6.07) is 7.45. The molecule has 0 unspecified atom stereocenters. The molecule has 0 aliphatic carbocycles. The van der Waals surface area contributed by atoms with Gasteiger partial charge in [-0.3, -0.25) is 0 Å². The molecule has 4 rings (SSSR count). The van der Waals surface area contributed by atoms with Crippen molar-refractivity contribution in [1.29, 1.82) is 0 Å². The van der Waals surface area contributed by atoms with E-state index in [1.807, 2.05) is 25.1 Å². The van der Waals surface area contributed by atoms with Crippen molar-refractivity contribution in [2.45, 2.75) is 82.6 Å². The number of aliphatic carboxylic acids is 1. The van der Waals surface area contributed by atoms with Crippen molar-refractivity contribution in [1.82, 2.24) is 20.3 Å². The van der Waals surface area contributed by atoms with Crippen molar-refractivity contribution >= 4 is 65.9 Å². The van der Waals surface area contributed by atoms with Crippen LogP contribution in [0.25, 0.3) is 21.1 Å². The van der Waals surface area contributed by atoms with E-state index >= 15 is 0 Å². The average molecular weight is 688 g/mol. The average Bonchev–Trinajstić information content (AvgIpc) is 3.44. The van der Waals surface area contributed by atoms with Crippen LogP contribution in [0.15, 0.2) is 40.7 Å². The molecule has 4 N–H and O–H groups in total. The number of fused-ring (bicyclic) bond motifs is 2. The summed E-state index contributed by atoms with van der Waals surface area (Å²) in [6.07, 6.45) is -0.332. The van der Waals surface area contributed by atoms with Crippen LogP contribution in [0, 0.1) is 5.92 Å². The first-order chi connectivity index (χ1) is 22.0. The number of hydrogen-bond acceptors (Lipinski definition) is 12. The quantitative estimate of drug-likeness (QED) is 0.139. The number of hydrogen-bond donors (Lipinski definition) is 4. The molecule has 4 aromatic rings. The number of aromatic nitrogens is 3. The number of alkyl carbamates (subject to hydrolysis) is 1. The number of nitrogens with zero attached hydrogens (tertiary/aromatic N) is 3. The number of aliphatic hydroxyl groups is 1. The normalized spacial score (nSPS) is 13.7. The number of thiazole rings is 1. The van der Waals surface area contributed by atoms with Gasteiger partial charge in [0, 0.05) is 23.6 Å². The lowest BCUT2D eigenvalue weighted by Gasteiger charge is -2.27. The third-order valence-corrected chi connectivity index (χ3v) is 10.9. The molecule has 15 heteroatoms. The topological polar surface area (TPSA) is 190 Å². The molecule has 0 saturated heterocycles. The fourth-order valence-corrected chi connectivity index (χ4v) is 6.72. The van der Waals surface area contributed by atoms with Gasteiger partial charge in [0.15, 0.2) is 9.84 Å². The van der Waals surface area contributed by atoms with E-state index in [9.17, 15) is 28.2 Å². The number of rotatable bonds is 13. The van der Waals surface area contributed by atoms with Gasteiger partial charge in [-0.2, -0.15) is 0 Å². The molecule has 2 heterocycles. The standard InChI is InChI=1S/C32H41N5O8S2/c1-8-18(2)27(29(39)40)37-30(41)45-32(6,7)16-26-35-21-15-23(44-12-11-38)25(47(42,43)31(3,4)5)14-20(21)28(36-26)34-19-9-10-24-22(13-19)33-17-46-24/h9-10,13-15,17-18,27,38H,8,11-12,16H2,1-7H3,(H,37,41)(H,39,40)(H,34,35,36)/t18-,27-/m0/s1. The van der Waals surface area contributed by atoms with Crippen LogP contribution in [0.4, 0.5) is 16.3 Å². The van der Waals surface area contributed by atoms with Gasteiger partial charge >= 0.3 is 12.1 Å². The van der Waals surface area contributed by atoms with Crippen molar-refractivity contribution in [3.63, 3.8) is 0 Å². The Balaban J connectivity index is 1.80. The number of aliphatic hydroxyl groups excluding tert-OH is 1. The Morgan fingerprint density at radius 3 is 2.43 bits per heavy atom. The van der Waals surface area contributed by atoms with Gasteiger partial charge in [0.2, 0.25) is 0 Å². The summed E-state index contributed by atoms with van der Waals surface area (Å²) in [5.74, 6) is -0.907. The van der Waals surface area contributed by atoms with Crippen LogP contribution in [0.2, 0.25) is 0 Å². The Morgan fingerprint density at radius 2 is 1.79 bits per heavy atom. The molecule has 2 atom stereocenters. The number of carbonyl (C=O) groups excluding carboxylic acids is 1. The molecular weight excluding hydrogens is 647 g/mol. The molecule has 1 amide bonds. The number of carbonyl (C=O) groups is 2. The van der Waals surface area contributed by atoms with Gasteiger partial charge in [0.25, 0.3) is 0 Å². The first-order valence-electron chi connectivity index (χ1n) is 15.1. The minimum Gasteiger partial charge on any atom is -0.490 e. The first-order valence-corrected chi connectivity index (χ1v) is 17.5. The van der Waals surface area contributed by atoms with E-state index in [2.05, 4.69) is 15.6 Å². The Morgan fingerprint density at radius 1 is 1.06 bits per heavy atom. The van der Waals surface area contributed by atoms with E-state index in [1.54, 1.807) is 47.1 Å². The predicted molar refractivity (Wildman–Crippen MR) is 180 cm³/mol. The fourth-order valence-electron chi connectivity index (χ4n) is 4.75. The van der Waals surface area contributed by atoms with Crippen molar-refractivity contribution in [2.24, 2.45) is 5.92 Å². The van der Waals surface area contributed by atoms with Crippen LogP contribution in [-0.4, -0.2) is 75.2 Å². The van der Waals surface area contributed by atoms with E-state index in [0.29, 0.717) is 28.8 Å². The number of anilines is 2. The molecule has 254 valence electrons. The zero-order valence-electron chi connectivity index (χ0n) is 27.4. The van der Waals surface area contributed by atoms with Gasteiger partial charge in [0.05, 0.1) is 32.6 Å². The molecule has 0 saturated carbocycles. The number of carboxylic acids is 1. The lowest BCUT2D eigenvalue weighted by atomic mass is 9.99. The SMILES string of the molecule is CC[C@H](C)[C@H](NC(=O)OC(C)(C)Cc1nc(Nc2ccc3scnc3c2)c2cc(S(=O)(=O)C(C)(C)C)c(OCCO)cc2n1)C(=O)O. The second kappa shape index (κ2) is 14.0. The number of sulfone groups is 1. The number of nitrogens with one attached hydrogen (secondary N) is 2. The Hall–Kier alpha value is -4.08. The maximum absolute atomic E-state index is 13.7. The van der Waals surface area contributed by atoms with Crippen molar-refractivity contribution in [2.75, 3.05) is 18.5 Å². The van der Waals surface area contributed by atoms with Gasteiger partial charge in [-0.15, -0.1) is 11.3 Å². The van der Waals surface area contributed by atoms with Crippen LogP contribution in [0.3, 0.4) is 0 Å². The van der Waals surface area contributed by atoms with Crippen LogP contribution < -0.4 is 15.4 Å². The van der Waals surface area contributed by atoms with Gasteiger partial charge < -0.3 is 30.3 Å². The highest BCUT2D eigenvalue weighted by Crippen LogP contribution is 2.38. The summed E-state index contributed by atoms with van der Waals surface area (Å²) >= 11 is 1.50. The molecule has 0 radical (unpaired) electrons. The highest BCUT2D eigenvalue weighted by Gasteiger charge is 2.35. The summed E-state index contributed by atoms with van der Waals surface area (Å²) in [6.45, 7) is 11.1. The van der Waals surface area contributed by atoms with Crippen molar-refractivity contribution in [3.05, 3.63) is 41.7 Å². The zero-order valence-corrected chi connectivity index (χ0v) is 29.1. The lowest BCUT2D eigenvalue weighted by molar-refractivity contribution is -0.140. The van der Waals surface area contributed by atoms with E-state index in [1.165, 1.54) is 23.5 Å². The van der Waals surface area contributed by atoms with E-state index in [4.69, 9.17) is 19.4 Å². The van der Waals surface area contributed by atoms with E-state index in [-0.39, 0.29) is 42.0 Å². The highest BCUT2D eigenvalue weighted by atomic mass is 32.2. The minimum atomic E-state index is -3.92. The molecule has 2 aromatic carbocycles. The maximum atomic E-state index is 13.7. The Bertz CT molecular complexity index is 1890. The summed E-state index contributed by atoms with van der Waals surface area (Å²) < 4.78 is 38.6. The van der Waals surface area contributed by atoms with Crippen LogP contribution in [0.1, 0.15) is 60.7 Å². The fraction of sp³-hybridized carbons (Fsp3) is 0.469. The molecule has 0 spiro atoms. The number of carboxylic acid groups (broad SMARTS) is 1. The molecule has 0 aliphatic rings. The van der Waals surface area contributed by atoms with Gasteiger partial charge in [-0.25, -0.2) is 33.0 Å². The molecule has 47 heavy (non-hydrogen) atoms. The molecule has 0 aliphatic heterocycles. The summed E-state index contributed by atoms with van der Waals surface area (Å²) in [5.41, 5.74) is 2.32. The van der Waals surface area contributed by atoms with Crippen LogP contribution in [-0.2, 0) is 25.8 Å². The highest BCUT2D eigenvalue weighted by molar-refractivity contribution is 7.92. The van der Waals surface area contributed by atoms with Gasteiger partial charge in [-0.1, -0.05) is 20.3 Å². The number of benzene rings is 2. The summed E-state index contributed by atoms with van der Waals surface area (Å²) in [5, 5.41) is 25.1. The summed E-state index contributed by atoms with van der Waals surface area (Å²) in [4.78, 5) is 38.3. The zero-order chi connectivity index (χ0) is 34.7. The van der Waals surface area contributed by atoms with Crippen LogP contribution >= 0.6 is 11.3 Å². The summed E-state index contributed by atoms with van der Waals surface area (Å²) in [7, 11) is -3.92. The molecule has 2 aromatic heterocycles. The third-order valence-electron chi connectivity index (χ3n) is 7.55. The van der Waals surface area contributed by atoms with Crippen LogP contribution in [0.5, 0.6) is 5.75 Å². The maximum Gasteiger partial charge on any atom is 0.408 e. The Kier molecular flexibility index (Phi) is 10.6. The second-order valence-electron chi connectivity index (χ2n) is 12.8. The second-order valence-corrected chi connectivity index (χ2v) is 16.4. The Labute approximate surface area is 277 Å². The number of ether oxygens (including phenoxy) is 2. The predicted octanol–water partition coefficient (Wildman–Crippen LogP) is 5.47. The van der Waals surface area contributed by atoms with Crippen molar-refractivity contribution < 1.29 is 37.7 Å². The molecule has 13 nitrogen and oxygen atoms in total. The molecule has 0 bridgehead atoms. The monoisotopic (exact) mass is 687 g/mol. The first kappa shape index (κ1) is 35.8. The minimum absolute atomic E-state index is 0.0199. The third kappa shape index (κ3) is 8.26. The van der Waals surface area contributed by atoms with Gasteiger partial charge in [-0.05, 0) is 64.8 Å². The molecular formula is C32H41N5O8S2. The smallest absolute Gasteiger partial charge is 0.408 e. The molecule has 0 fully saturated rings. The van der Waals surface area contributed by atoms with E-state index < -0.39 is 38.3 Å². The lowest BCUT2D eigenvalue weighted by Crippen LogP contribution is -2.47.